The summed E-state index contributed by atoms with van der Waals surface area (Å²) in [5, 5.41) is 12.9. The highest BCUT2D eigenvalue weighted by Gasteiger charge is 2.26. The molecule has 1 aromatic heterocycles. The fourth-order valence-corrected chi connectivity index (χ4v) is 3.94. The molecule has 22 heavy (non-hydrogen) atoms. The molecule has 0 bridgehead atoms. The van der Waals surface area contributed by atoms with E-state index in [1.54, 1.807) is 0 Å². The summed E-state index contributed by atoms with van der Waals surface area (Å²) < 4.78 is 2.26. The third kappa shape index (κ3) is 1.30. The Morgan fingerprint density at radius 3 is 2.64 bits per heavy atom. The van der Waals surface area contributed by atoms with Crippen molar-refractivity contribution < 1.29 is 5.11 Å². The van der Waals surface area contributed by atoms with Crippen LogP contribution in [0, 0.1) is 0 Å². The first-order chi connectivity index (χ1) is 10.8. The molecule has 1 N–H and O–H groups in total. The number of phenolic OH excluding ortho intramolecular Hbond substituents is 1. The first-order valence-electron chi connectivity index (χ1n) is 7.56. The number of rotatable bonds is 0. The largest absolute Gasteiger partial charge is 0.508 e. The highest BCUT2D eigenvalue weighted by molar-refractivity contribution is 6.14. The Bertz CT molecular complexity index is 1070. The van der Waals surface area contributed by atoms with Crippen molar-refractivity contribution in [2.24, 2.45) is 7.05 Å². The van der Waals surface area contributed by atoms with Crippen molar-refractivity contribution in [2.45, 2.75) is 6.42 Å². The number of hydrogen-bond acceptors (Lipinski definition) is 1. The monoisotopic (exact) mass is 285 g/mol. The van der Waals surface area contributed by atoms with Crippen LogP contribution in [0.1, 0.15) is 11.1 Å². The van der Waals surface area contributed by atoms with E-state index in [4.69, 9.17) is 0 Å². The van der Waals surface area contributed by atoms with Crippen molar-refractivity contribution in [2.75, 3.05) is 0 Å². The molecule has 0 amide bonds. The SMILES string of the molecule is Cn1c2ccccc2c2cc(O)c3c(c21)-c1ccccc1C3. The lowest BCUT2D eigenvalue weighted by molar-refractivity contribution is 0.471. The Kier molecular flexibility index (Phi) is 2.11. The predicted octanol–water partition coefficient (Wildman–Crippen LogP) is 4.61. The van der Waals surface area contributed by atoms with Crippen LogP contribution in [0.4, 0.5) is 0 Å². The van der Waals surface area contributed by atoms with Gasteiger partial charge in [-0.05, 0) is 23.3 Å². The van der Waals surface area contributed by atoms with Gasteiger partial charge >= 0.3 is 0 Å². The van der Waals surface area contributed by atoms with Gasteiger partial charge < -0.3 is 9.67 Å². The summed E-state index contributed by atoms with van der Waals surface area (Å²) >= 11 is 0. The van der Waals surface area contributed by atoms with E-state index >= 15 is 0 Å². The molecular weight excluding hydrogens is 270 g/mol. The van der Waals surface area contributed by atoms with Crippen molar-refractivity contribution in [3.63, 3.8) is 0 Å². The molecule has 2 heteroatoms. The molecule has 0 aliphatic heterocycles. The van der Waals surface area contributed by atoms with Crippen molar-refractivity contribution in [1.29, 1.82) is 0 Å². The van der Waals surface area contributed by atoms with Gasteiger partial charge in [-0.3, -0.25) is 0 Å². The fraction of sp³-hybridized carbons (Fsp3) is 0.100. The third-order valence-corrected chi connectivity index (χ3v) is 4.93. The summed E-state index contributed by atoms with van der Waals surface area (Å²) in [6, 6.07) is 18.8. The number of hydrogen-bond donors (Lipinski definition) is 1. The van der Waals surface area contributed by atoms with Gasteiger partial charge in [0, 0.05) is 40.9 Å². The summed E-state index contributed by atoms with van der Waals surface area (Å²) in [6.07, 6.45) is 0.814. The maximum Gasteiger partial charge on any atom is 0.120 e. The lowest BCUT2D eigenvalue weighted by Crippen LogP contribution is -1.91. The molecule has 0 saturated heterocycles. The van der Waals surface area contributed by atoms with E-state index in [2.05, 4.69) is 60.1 Å². The summed E-state index contributed by atoms with van der Waals surface area (Å²) in [5.74, 6) is 0.412. The van der Waals surface area contributed by atoms with Crippen LogP contribution >= 0.6 is 0 Å². The molecule has 106 valence electrons. The maximum atomic E-state index is 10.6. The molecule has 3 aromatic carbocycles. The first kappa shape index (κ1) is 11.9. The Balaban J connectivity index is 2.06. The highest BCUT2D eigenvalue weighted by Crippen LogP contribution is 2.47. The van der Waals surface area contributed by atoms with E-state index in [0.29, 0.717) is 5.75 Å². The Hall–Kier alpha value is -2.74. The molecule has 2 nitrogen and oxygen atoms in total. The second-order valence-electron chi connectivity index (χ2n) is 6.06. The molecule has 0 atom stereocenters. The van der Waals surface area contributed by atoms with E-state index in [-0.39, 0.29) is 0 Å². The van der Waals surface area contributed by atoms with Gasteiger partial charge in [-0.2, -0.15) is 0 Å². The molecular formula is C20H15NO. The lowest BCUT2D eigenvalue weighted by Gasteiger charge is -2.08. The van der Waals surface area contributed by atoms with Gasteiger partial charge in [0.05, 0.1) is 5.52 Å². The first-order valence-corrected chi connectivity index (χ1v) is 7.56. The zero-order valence-electron chi connectivity index (χ0n) is 12.3. The minimum Gasteiger partial charge on any atom is -0.508 e. The second-order valence-corrected chi connectivity index (χ2v) is 6.06. The van der Waals surface area contributed by atoms with Gasteiger partial charge in [0.15, 0.2) is 0 Å². The minimum atomic E-state index is 0.412. The van der Waals surface area contributed by atoms with Crippen molar-refractivity contribution in [3.05, 3.63) is 65.7 Å². The molecule has 5 rings (SSSR count). The maximum absolute atomic E-state index is 10.6. The van der Waals surface area contributed by atoms with Crippen molar-refractivity contribution in [1.82, 2.24) is 4.57 Å². The summed E-state index contributed by atoms with van der Waals surface area (Å²) in [6.45, 7) is 0. The van der Waals surface area contributed by atoms with Gasteiger partial charge in [-0.25, -0.2) is 0 Å². The zero-order chi connectivity index (χ0) is 14.8. The molecule has 0 unspecified atom stereocenters. The number of nitrogens with zero attached hydrogens (tertiary/aromatic N) is 1. The van der Waals surface area contributed by atoms with Crippen LogP contribution in [0.25, 0.3) is 32.9 Å². The van der Waals surface area contributed by atoms with Gasteiger partial charge in [-0.1, -0.05) is 42.5 Å². The number of aromatic hydroxyl groups is 1. The number of aryl methyl sites for hydroxylation is 1. The summed E-state index contributed by atoms with van der Waals surface area (Å²) in [7, 11) is 2.11. The van der Waals surface area contributed by atoms with Crippen LogP contribution in [-0.2, 0) is 13.5 Å². The minimum absolute atomic E-state index is 0.412. The normalized spacial score (nSPS) is 12.8. The van der Waals surface area contributed by atoms with Crippen LogP contribution in [0.3, 0.4) is 0 Å². The molecule has 1 aliphatic rings. The molecule has 1 heterocycles. The van der Waals surface area contributed by atoms with Gasteiger partial charge in [-0.15, -0.1) is 0 Å². The number of phenols is 1. The molecule has 0 radical (unpaired) electrons. The smallest absolute Gasteiger partial charge is 0.120 e. The van der Waals surface area contributed by atoms with Crippen LogP contribution in [0.5, 0.6) is 5.75 Å². The zero-order valence-corrected chi connectivity index (χ0v) is 12.3. The van der Waals surface area contributed by atoms with E-state index in [0.717, 1.165) is 17.4 Å². The van der Waals surface area contributed by atoms with E-state index in [9.17, 15) is 5.11 Å². The third-order valence-electron chi connectivity index (χ3n) is 4.93. The van der Waals surface area contributed by atoms with Gasteiger partial charge in [0.1, 0.15) is 5.75 Å². The quantitative estimate of drug-likeness (QED) is 0.441. The van der Waals surface area contributed by atoms with Gasteiger partial charge in [0.2, 0.25) is 0 Å². The number of benzene rings is 3. The number of para-hydroxylation sites is 1. The average molecular weight is 285 g/mol. The van der Waals surface area contributed by atoms with E-state index in [1.165, 1.54) is 33.1 Å². The number of aromatic nitrogens is 1. The average Bonchev–Trinajstić information content (AvgIpc) is 3.06. The van der Waals surface area contributed by atoms with E-state index < -0.39 is 0 Å². The van der Waals surface area contributed by atoms with Crippen LogP contribution in [-0.4, -0.2) is 9.67 Å². The van der Waals surface area contributed by atoms with Crippen LogP contribution in [0.15, 0.2) is 54.6 Å². The van der Waals surface area contributed by atoms with Crippen molar-refractivity contribution >= 4 is 21.8 Å². The fourth-order valence-electron chi connectivity index (χ4n) is 3.94. The molecule has 0 spiro atoms. The Morgan fingerprint density at radius 1 is 0.955 bits per heavy atom. The van der Waals surface area contributed by atoms with Crippen molar-refractivity contribution in [3.8, 4) is 16.9 Å². The van der Waals surface area contributed by atoms with Crippen LogP contribution < -0.4 is 0 Å². The Morgan fingerprint density at radius 2 is 1.73 bits per heavy atom. The lowest BCUT2D eigenvalue weighted by atomic mass is 10.0. The highest BCUT2D eigenvalue weighted by atomic mass is 16.3. The predicted molar refractivity (Wildman–Crippen MR) is 90.3 cm³/mol. The van der Waals surface area contributed by atoms with Gasteiger partial charge in [0.25, 0.3) is 0 Å². The molecule has 1 aliphatic carbocycles. The molecule has 0 saturated carbocycles. The standard InChI is InChI=1S/C20H15NO/c1-21-17-9-5-4-8-14(17)15-11-18(22)16-10-12-6-2-3-7-13(12)19(16)20(15)21/h2-9,11,22H,10H2,1H3. The number of fused-ring (bicyclic) bond motifs is 7. The molecule has 0 fully saturated rings. The summed E-state index contributed by atoms with van der Waals surface area (Å²) in [5.41, 5.74) is 7.23. The summed E-state index contributed by atoms with van der Waals surface area (Å²) in [4.78, 5) is 0. The van der Waals surface area contributed by atoms with E-state index in [1.807, 2.05) is 6.07 Å². The van der Waals surface area contributed by atoms with Crippen LogP contribution in [0.2, 0.25) is 0 Å². The molecule has 4 aromatic rings. The second kappa shape index (κ2) is 3.92. The Labute approximate surface area is 128 Å². The topological polar surface area (TPSA) is 25.2 Å².